The topological polar surface area (TPSA) is 29.9 Å². The highest BCUT2D eigenvalue weighted by Crippen LogP contribution is 2.36. The zero-order chi connectivity index (χ0) is 15.4. The number of rotatable bonds is 7. The maximum atomic E-state index is 4.65. The molecule has 3 nitrogen and oxygen atoms in total. The number of hydrogen-bond acceptors (Lipinski definition) is 3. The second-order valence-electron chi connectivity index (χ2n) is 4.88. The zero-order valence-electron chi connectivity index (χ0n) is 12.6. The molecule has 0 aliphatic rings. The molecule has 0 amide bonds. The van der Waals surface area contributed by atoms with Crippen LogP contribution in [0.25, 0.3) is 0 Å². The zero-order valence-corrected chi connectivity index (χ0v) is 16.6. The monoisotopic (exact) mass is 433 g/mol. The fraction of sp³-hybridized carbons (Fsp3) is 0.533. The van der Waals surface area contributed by atoms with Crippen molar-refractivity contribution in [2.75, 3.05) is 6.54 Å². The van der Waals surface area contributed by atoms with Gasteiger partial charge in [-0.05, 0) is 63.9 Å². The molecular weight excluding hydrogens is 414 g/mol. The molecule has 0 radical (unpaired) electrons. The molecule has 0 aliphatic heterocycles. The first-order valence-corrected chi connectivity index (χ1v) is 9.72. The second kappa shape index (κ2) is 7.90. The van der Waals surface area contributed by atoms with Gasteiger partial charge in [0.25, 0.3) is 0 Å². The molecule has 0 bridgehead atoms. The average molecular weight is 435 g/mol. The van der Waals surface area contributed by atoms with Crippen molar-refractivity contribution in [3.63, 3.8) is 0 Å². The van der Waals surface area contributed by atoms with E-state index in [-0.39, 0.29) is 0 Å². The highest BCUT2D eigenvalue weighted by atomic mass is 79.9. The van der Waals surface area contributed by atoms with Crippen LogP contribution in [-0.4, -0.2) is 16.3 Å². The Labute approximate surface area is 147 Å². The van der Waals surface area contributed by atoms with Gasteiger partial charge in [-0.3, -0.25) is 4.68 Å². The predicted octanol–water partition coefficient (Wildman–Crippen LogP) is 4.95. The Balaban J connectivity index is 2.25. The number of halogens is 2. The van der Waals surface area contributed by atoms with E-state index in [2.05, 4.69) is 79.9 Å². The first kappa shape index (κ1) is 17.2. The van der Waals surface area contributed by atoms with E-state index in [0.29, 0.717) is 6.04 Å². The summed E-state index contributed by atoms with van der Waals surface area (Å²) >= 11 is 8.96. The quantitative estimate of drug-likeness (QED) is 0.668. The van der Waals surface area contributed by atoms with Gasteiger partial charge in [0.1, 0.15) is 0 Å². The molecule has 0 saturated heterocycles. The second-order valence-corrected chi connectivity index (χ2v) is 8.14. The van der Waals surface area contributed by atoms with Crippen LogP contribution in [-0.2, 0) is 19.4 Å². The van der Waals surface area contributed by atoms with Gasteiger partial charge in [-0.2, -0.15) is 5.10 Å². The van der Waals surface area contributed by atoms with E-state index in [1.807, 2.05) is 0 Å². The third kappa shape index (κ3) is 4.18. The van der Waals surface area contributed by atoms with Crippen LogP contribution in [0.4, 0.5) is 0 Å². The van der Waals surface area contributed by atoms with E-state index in [1.165, 1.54) is 16.3 Å². The van der Waals surface area contributed by atoms with E-state index < -0.39 is 0 Å². The first-order valence-electron chi connectivity index (χ1n) is 7.32. The van der Waals surface area contributed by atoms with Crippen molar-refractivity contribution >= 4 is 43.2 Å². The van der Waals surface area contributed by atoms with Crippen molar-refractivity contribution in [1.29, 1.82) is 0 Å². The molecule has 0 fully saturated rings. The van der Waals surface area contributed by atoms with Crippen molar-refractivity contribution < 1.29 is 0 Å². The first-order chi connectivity index (χ1) is 10.1. The number of nitrogens with one attached hydrogen (secondary N) is 1. The van der Waals surface area contributed by atoms with Crippen LogP contribution < -0.4 is 5.32 Å². The number of thiophene rings is 1. The molecule has 1 atom stereocenters. The van der Waals surface area contributed by atoms with Crippen molar-refractivity contribution in [3.05, 3.63) is 36.7 Å². The molecule has 0 aliphatic carbocycles. The largest absolute Gasteiger partial charge is 0.309 e. The summed E-state index contributed by atoms with van der Waals surface area (Å²) in [5, 5.41) is 8.24. The fourth-order valence-corrected chi connectivity index (χ4v) is 4.55. The lowest BCUT2D eigenvalue weighted by atomic mass is 10.1. The summed E-state index contributed by atoms with van der Waals surface area (Å²) < 4.78 is 4.41. The third-order valence-corrected chi connectivity index (χ3v) is 6.82. The Bertz CT molecular complexity index is 572. The molecule has 2 rings (SSSR count). The molecule has 21 heavy (non-hydrogen) atoms. The smallest absolute Gasteiger partial charge is 0.0843 e. The van der Waals surface area contributed by atoms with E-state index >= 15 is 0 Å². The highest BCUT2D eigenvalue weighted by molar-refractivity contribution is 9.13. The van der Waals surface area contributed by atoms with Crippen LogP contribution in [0.5, 0.6) is 0 Å². The maximum Gasteiger partial charge on any atom is 0.0843 e. The van der Waals surface area contributed by atoms with Gasteiger partial charge in [-0.15, -0.1) is 11.3 Å². The molecule has 0 spiro atoms. The van der Waals surface area contributed by atoms with Gasteiger partial charge in [-0.1, -0.05) is 13.8 Å². The number of hydrogen-bond donors (Lipinski definition) is 1. The number of nitrogens with zero attached hydrogens (tertiary/aromatic N) is 2. The summed E-state index contributed by atoms with van der Waals surface area (Å²) in [5.74, 6) is 0. The van der Waals surface area contributed by atoms with Gasteiger partial charge in [0.15, 0.2) is 0 Å². The van der Waals surface area contributed by atoms with Crippen LogP contribution in [0.3, 0.4) is 0 Å². The Hall–Kier alpha value is -0.170. The van der Waals surface area contributed by atoms with Crippen LogP contribution in [0, 0.1) is 0 Å². The minimum atomic E-state index is 0.328. The lowest BCUT2D eigenvalue weighted by molar-refractivity contribution is 0.521. The Kier molecular flexibility index (Phi) is 6.47. The molecule has 0 aromatic carbocycles. The van der Waals surface area contributed by atoms with Gasteiger partial charge >= 0.3 is 0 Å². The van der Waals surface area contributed by atoms with Gasteiger partial charge in [-0.25, -0.2) is 0 Å². The summed E-state index contributed by atoms with van der Waals surface area (Å²) in [6.07, 6.45) is 1.95. The SMILES string of the molecule is CCNC(Cc1cc(CC)nn1CC)c1cc(Br)c(Br)s1. The minimum Gasteiger partial charge on any atom is -0.309 e. The number of likely N-dealkylation sites (N-methyl/N-ethyl adjacent to an activating group) is 1. The summed E-state index contributed by atoms with van der Waals surface area (Å²) in [6, 6.07) is 4.77. The van der Waals surface area contributed by atoms with Crippen LogP contribution in [0.15, 0.2) is 20.4 Å². The summed E-state index contributed by atoms with van der Waals surface area (Å²) in [7, 11) is 0. The molecule has 2 heterocycles. The summed E-state index contributed by atoms with van der Waals surface area (Å²) in [4.78, 5) is 1.34. The molecule has 116 valence electrons. The molecule has 2 aromatic heterocycles. The Morgan fingerprint density at radius 3 is 2.57 bits per heavy atom. The Morgan fingerprint density at radius 2 is 2.05 bits per heavy atom. The van der Waals surface area contributed by atoms with E-state index in [9.17, 15) is 0 Å². The fourth-order valence-electron chi connectivity index (χ4n) is 2.39. The molecular formula is C15H21Br2N3S. The van der Waals surface area contributed by atoms with E-state index in [1.54, 1.807) is 11.3 Å². The normalized spacial score (nSPS) is 12.8. The van der Waals surface area contributed by atoms with Crippen LogP contribution >= 0.6 is 43.2 Å². The van der Waals surface area contributed by atoms with Crippen molar-refractivity contribution in [2.24, 2.45) is 0 Å². The van der Waals surface area contributed by atoms with Crippen LogP contribution in [0.1, 0.15) is 43.1 Å². The molecule has 0 saturated carbocycles. The van der Waals surface area contributed by atoms with Crippen LogP contribution in [0.2, 0.25) is 0 Å². The lowest BCUT2D eigenvalue weighted by Crippen LogP contribution is -2.23. The highest BCUT2D eigenvalue weighted by Gasteiger charge is 2.18. The predicted molar refractivity (Wildman–Crippen MR) is 97.1 cm³/mol. The molecule has 2 aromatic rings. The maximum absolute atomic E-state index is 4.65. The van der Waals surface area contributed by atoms with Gasteiger partial charge in [0.2, 0.25) is 0 Å². The molecule has 6 heteroatoms. The van der Waals surface area contributed by atoms with Crippen molar-refractivity contribution in [3.8, 4) is 0 Å². The molecule has 1 N–H and O–H groups in total. The van der Waals surface area contributed by atoms with Gasteiger partial charge < -0.3 is 5.32 Å². The Morgan fingerprint density at radius 1 is 1.29 bits per heavy atom. The van der Waals surface area contributed by atoms with Crippen molar-refractivity contribution in [2.45, 2.75) is 46.2 Å². The lowest BCUT2D eigenvalue weighted by Gasteiger charge is -2.17. The third-order valence-electron chi connectivity index (χ3n) is 3.45. The number of aromatic nitrogens is 2. The summed E-state index contributed by atoms with van der Waals surface area (Å²) in [6.45, 7) is 8.34. The van der Waals surface area contributed by atoms with Gasteiger partial charge in [0, 0.05) is 34.1 Å². The molecule has 1 unspecified atom stereocenters. The van der Waals surface area contributed by atoms with E-state index in [0.717, 1.165) is 34.2 Å². The standard InChI is InChI=1S/C15H21Br2N3S/c1-4-10-7-11(20(6-3)19-10)8-13(18-5-2)14-9-12(16)15(17)21-14/h7,9,13,18H,4-6,8H2,1-3H3. The minimum absolute atomic E-state index is 0.328. The van der Waals surface area contributed by atoms with Gasteiger partial charge in [0.05, 0.1) is 9.48 Å². The number of aryl methyl sites for hydroxylation is 2. The summed E-state index contributed by atoms with van der Waals surface area (Å²) in [5.41, 5.74) is 2.48. The van der Waals surface area contributed by atoms with E-state index in [4.69, 9.17) is 0 Å². The average Bonchev–Trinajstić information content (AvgIpc) is 3.02. The van der Waals surface area contributed by atoms with Crippen molar-refractivity contribution in [1.82, 2.24) is 15.1 Å².